The van der Waals surface area contributed by atoms with Gasteiger partial charge in [0.15, 0.2) is 0 Å². The molecule has 0 radical (unpaired) electrons. The number of carbonyl (C=O) groups is 2. The van der Waals surface area contributed by atoms with E-state index in [1.54, 1.807) is 24.3 Å². The minimum absolute atomic E-state index is 0.0779. The minimum atomic E-state index is -0.392. The number of rotatable bonds is 6. The van der Waals surface area contributed by atoms with Crippen LogP contribution in [0.3, 0.4) is 0 Å². The van der Waals surface area contributed by atoms with Gasteiger partial charge in [0.2, 0.25) is 0 Å². The zero-order valence-electron chi connectivity index (χ0n) is 14.6. The van der Waals surface area contributed by atoms with Gasteiger partial charge < -0.3 is 9.84 Å². The third-order valence-electron chi connectivity index (χ3n) is 4.02. The highest BCUT2D eigenvalue weighted by Gasteiger charge is 2.41. The maximum Gasteiger partial charge on any atom is 0.272 e. The number of imide groups is 1. The van der Waals surface area contributed by atoms with Crippen molar-refractivity contribution in [3.63, 3.8) is 0 Å². The highest BCUT2D eigenvalue weighted by molar-refractivity contribution is 8.04. The Morgan fingerprint density at radius 3 is 2.46 bits per heavy atom. The molecule has 134 valence electrons. The van der Waals surface area contributed by atoms with E-state index in [-0.39, 0.29) is 12.5 Å². The predicted octanol–water partition coefficient (Wildman–Crippen LogP) is 3.01. The molecule has 26 heavy (non-hydrogen) atoms. The summed E-state index contributed by atoms with van der Waals surface area (Å²) in [6.07, 6.45) is 0. The summed E-state index contributed by atoms with van der Waals surface area (Å²) in [5.74, 6) is 0.0172. The number of benzene rings is 2. The second-order valence-corrected chi connectivity index (χ2v) is 6.87. The molecular formula is C20H19NO4S. The molecule has 1 N–H and O–H groups in total. The predicted molar refractivity (Wildman–Crippen MR) is 103 cm³/mol. The number of anilines is 1. The van der Waals surface area contributed by atoms with Gasteiger partial charge in [-0.15, -0.1) is 11.8 Å². The number of hydrogen-bond donors (Lipinski definition) is 1. The quantitative estimate of drug-likeness (QED) is 0.793. The van der Waals surface area contributed by atoms with Crippen molar-refractivity contribution in [3.05, 3.63) is 64.6 Å². The van der Waals surface area contributed by atoms with Crippen molar-refractivity contribution in [2.75, 3.05) is 24.4 Å². The topological polar surface area (TPSA) is 66.8 Å². The van der Waals surface area contributed by atoms with Gasteiger partial charge in [-0.3, -0.25) is 9.59 Å². The molecule has 2 amide bonds. The van der Waals surface area contributed by atoms with Gasteiger partial charge in [0.25, 0.3) is 11.8 Å². The lowest BCUT2D eigenvalue weighted by Crippen LogP contribution is -2.31. The van der Waals surface area contributed by atoms with E-state index in [2.05, 4.69) is 0 Å². The van der Waals surface area contributed by atoms with Crippen LogP contribution in [0.5, 0.6) is 5.75 Å². The second-order valence-electron chi connectivity index (χ2n) is 5.76. The number of thioether (sulfide) groups is 1. The maximum absolute atomic E-state index is 13.2. The largest absolute Gasteiger partial charge is 0.495 e. The Morgan fingerprint density at radius 1 is 1.08 bits per heavy atom. The fraction of sp³-hybridized carbons (Fsp3) is 0.200. The van der Waals surface area contributed by atoms with E-state index in [0.717, 1.165) is 10.5 Å². The molecule has 5 nitrogen and oxygen atoms in total. The van der Waals surface area contributed by atoms with Crippen LogP contribution in [0, 0.1) is 6.92 Å². The van der Waals surface area contributed by atoms with E-state index in [4.69, 9.17) is 9.84 Å². The third-order valence-corrected chi connectivity index (χ3v) is 5.07. The maximum atomic E-state index is 13.2. The minimum Gasteiger partial charge on any atom is -0.495 e. The number of aliphatic hydroxyl groups is 1. The zero-order valence-corrected chi connectivity index (χ0v) is 15.4. The number of ether oxygens (including phenoxy) is 1. The third kappa shape index (κ3) is 3.25. The molecule has 0 fully saturated rings. The van der Waals surface area contributed by atoms with Gasteiger partial charge in [-0.05, 0) is 30.2 Å². The van der Waals surface area contributed by atoms with E-state index < -0.39 is 5.91 Å². The number of nitrogens with zero attached hydrogens (tertiary/aromatic N) is 1. The number of aliphatic hydroxyl groups excluding tert-OH is 1. The highest BCUT2D eigenvalue weighted by Crippen LogP contribution is 2.41. The Balaban J connectivity index is 2.12. The Hall–Kier alpha value is -2.57. The van der Waals surface area contributed by atoms with Crippen molar-refractivity contribution >= 4 is 34.8 Å². The Morgan fingerprint density at radius 2 is 1.81 bits per heavy atom. The van der Waals surface area contributed by atoms with Gasteiger partial charge in [0, 0.05) is 5.75 Å². The highest BCUT2D eigenvalue weighted by atomic mass is 32.2. The van der Waals surface area contributed by atoms with Crippen molar-refractivity contribution in [1.82, 2.24) is 0 Å². The van der Waals surface area contributed by atoms with Gasteiger partial charge in [0.05, 0.1) is 29.9 Å². The van der Waals surface area contributed by atoms with Crippen LogP contribution < -0.4 is 9.64 Å². The van der Waals surface area contributed by atoms with E-state index in [9.17, 15) is 9.59 Å². The molecule has 1 heterocycles. The summed E-state index contributed by atoms with van der Waals surface area (Å²) in [4.78, 5) is 27.8. The van der Waals surface area contributed by atoms with Crippen LogP contribution in [0.4, 0.5) is 5.69 Å². The first-order valence-electron chi connectivity index (χ1n) is 8.15. The first-order chi connectivity index (χ1) is 12.6. The van der Waals surface area contributed by atoms with Gasteiger partial charge in [-0.1, -0.05) is 36.4 Å². The van der Waals surface area contributed by atoms with Crippen molar-refractivity contribution < 1.29 is 19.4 Å². The monoisotopic (exact) mass is 369 g/mol. The molecule has 0 aromatic heterocycles. The number of carbonyl (C=O) groups excluding carboxylic acids is 2. The summed E-state index contributed by atoms with van der Waals surface area (Å²) >= 11 is 1.19. The summed E-state index contributed by atoms with van der Waals surface area (Å²) in [6.45, 7) is 1.81. The summed E-state index contributed by atoms with van der Waals surface area (Å²) in [6, 6.07) is 14.5. The van der Waals surface area contributed by atoms with Crippen LogP contribution in [0.25, 0.3) is 5.57 Å². The molecule has 2 aromatic carbocycles. The molecule has 0 bridgehead atoms. The van der Waals surface area contributed by atoms with Gasteiger partial charge in [-0.2, -0.15) is 0 Å². The van der Waals surface area contributed by atoms with E-state index >= 15 is 0 Å². The molecular weight excluding hydrogens is 350 g/mol. The average Bonchev–Trinajstić information content (AvgIpc) is 2.90. The Bertz CT molecular complexity index is 877. The molecule has 2 aromatic rings. The number of aryl methyl sites for hydroxylation is 1. The number of hydrogen-bond acceptors (Lipinski definition) is 5. The summed E-state index contributed by atoms with van der Waals surface area (Å²) in [5.41, 5.74) is 2.38. The van der Waals surface area contributed by atoms with Gasteiger partial charge >= 0.3 is 0 Å². The Kier molecular flexibility index (Phi) is 5.44. The lowest BCUT2D eigenvalue weighted by Gasteiger charge is -2.19. The number of amides is 2. The fourth-order valence-corrected chi connectivity index (χ4v) is 3.70. The van der Waals surface area contributed by atoms with E-state index in [1.165, 1.54) is 18.9 Å². The van der Waals surface area contributed by atoms with E-state index in [0.29, 0.717) is 33.2 Å². The molecule has 0 saturated heterocycles. The molecule has 0 unspecified atom stereocenters. The Labute approximate surface area is 156 Å². The lowest BCUT2D eigenvalue weighted by molar-refractivity contribution is -0.119. The van der Waals surface area contributed by atoms with E-state index in [1.807, 2.05) is 31.2 Å². The van der Waals surface area contributed by atoms with Crippen LogP contribution >= 0.6 is 11.8 Å². The SMILES string of the molecule is COc1ccc(C)cc1N1C(=O)C(SCCO)=C(c2ccccc2)C1=O. The van der Waals surface area contributed by atoms with Crippen LogP contribution in [-0.2, 0) is 9.59 Å². The average molecular weight is 369 g/mol. The number of methoxy groups -OCH3 is 1. The standard InChI is InChI=1S/C20H19NO4S/c1-13-8-9-16(25-2)15(12-13)21-19(23)17(14-6-4-3-5-7-14)18(20(21)24)26-11-10-22/h3-9,12,22H,10-11H2,1-2H3. The summed E-state index contributed by atoms with van der Waals surface area (Å²) in [5, 5.41) is 9.16. The van der Waals surface area contributed by atoms with Crippen LogP contribution in [0.15, 0.2) is 53.4 Å². The molecule has 0 aliphatic carbocycles. The molecule has 1 aliphatic heterocycles. The second kappa shape index (κ2) is 7.76. The van der Waals surface area contributed by atoms with Crippen LogP contribution in [0.2, 0.25) is 0 Å². The van der Waals surface area contributed by atoms with Gasteiger partial charge in [0.1, 0.15) is 5.75 Å². The summed E-state index contributed by atoms with van der Waals surface area (Å²) in [7, 11) is 1.51. The first kappa shape index (κ1) is 18.2. The van der Waals surface area contributed by atoms with Crippen molar-refractivity contribution in [1.29, 1.82) is 0 Å². The molecule has 3 rings (SSSR count). The normalized spacial score (nSPS) is 14.3. The lowest BCUT2D eigenvalue weighted by atomic mass is 10.1. The van der Waals surface area contributed by atoms with Crippen LogP contribution in [-0.4, -0.2) is 36.4 Å². The fourth-order valence-electron chi connectivity index (χ4n) is 2.84. The smallest absolute Gasteiger partial charge is 0.272 e. The molecule has 0 spiro atoms. The van der Waals surface area contributed by atoms with Crippen molar-refractivity contribution in [3.8, 4) is 5.75 Å². The van der Waals surface area contributed by atoms with Crippen molar-refractivity contribution in [2.45, 2.75) is 6.92 Å². The van der Waals surface area contributed by atoms with Gasteiger partial charge in [-0.25, -0.2) is 4.90 Å². The van der Waals surface area contributed by atoms with Crippen molar-refractivity contribution in [2.24, 2.45) is 0 Å². The zero-order chi connectivity index (χ0) is 18.7. The molecule has 0 saturated carbocycles. The molecule has 1 aliphatic rings. The molecule has 6 heteroatoms. The summed E-state index contributed by atoms with van der Waals surface area (Å²) < 4.78 is 5.36. The first-order valence-corrected chi connectivity index (χ1v) is 9.13. The molecule has 0 atom stereocenters. The van der Waals surface area contributed by atoms with Crippen LogP contribution in [0.1, 0.15) is 11.1 Å².